The summed E-state index contributed by atoms with van der Waals surface area (Å²) >= 11 is 6.14. The number of aromatic amines is 1. The molecule has 0 aliphatic carbocycles. The standard InChI is InChI=1S/C19H16ClF2N3O4/c1-19(2,3)29-18(27)25-11-5-4-9(21)16(14(11)20)28-12-7-6-10-13(15(12)22)17(26)24-8-23-10/h4-8H,1-3H3,(H,25,27)(H,23,24,26). The zero-order chi connectivity index (χ0) is 21.3. The molecule has 10 heteroatoms. The second kappa shape index (κ2) is 7.67. The number of ether oxygens (including phenoxy) is 2. The fourth-order valence-electron chi connectivity index (χ4n) is 2.43. The minimum atomic E-state index is -1.03. The van der Waals surface area contributed by atoms with Crippen molar-refractivity contribution in [3.63, 3.8) is 0 Å². The number of nitrogens with zero attached hydrogens (tertiary/aromatic N) is 1. The number of hydrogen-bond acceptors (Lipinski definition) is 5. The highest BCUT2D eigenvalue weighted by Gasteiger charge is 2.21. The maximum Gasteiger partial charge on any atom is 0.412 e. The number of H-pyrrole nitrogens is 1. The lowest BCUT2D eigenvalue weighted by Gasteiger charge is -2.20. The maximum absolute atomic E-state index is 14.7. The molecule has 0 saturated heterocycles. The van der Waals surface area contributed by atoms with Gasteiger partial charge in [0.25, 0.3) is 5.56 Å². The Labute approximate surface area is 168 Å². The molecule has 1 aromatic heterocycles. The lowest BCUT2D eigenvalue weighted by atomic mass is 10.2. The van der Waals surface area contributed by atoms with Crippen LogP contribution in [-0.4, -0.2) is 21.7 Å². The van der Waals surface area contributed by atoms with Gasteiger partial charge in [-0.2, -0.15) is 0 Å². The second-order valence-corrected chi connectivity index (χ2v) is 7.35. The summed E-state index contributed by atoms with van der Waals surface area (Å²) in [5.41, 5.74) is -1.38. The molecule has 1 amide bonds. The number of amides is 1. The summed E-state index contributed by atoms with van der Waals surface area (Å²) in [7, 11) is 0. The topological polar surface area (TPSA) is 93.3 Å². The normalized spacial score (nSPS) is 11.4. The van der Waals surface area contributed by atoms with E-state index in [4.69, 9.17) is 21.1 Å². The minimum Gasteiger partial charge on any atom is -0.450 e. The SMILES string of the molecule is CC(C)(C)OC(=O)Nc1ccc(F)c(Oc2ccc3nc[nH]c(=O)c3c2F)c1Cl. The van der Waals surface area contributed by atoms with Crippen LogP contribution in [0.5, 0.6) is 11.5 Å². The number of nitrogens with one attached hydrogen (secondary N) is 2. The summed E-state index contributed by atoms with van der Waals surface area (Å²) in [6.07, 6.45) is 0.318. The molecular formula is C19H16ClF2N3O4. The molecule has 3 rings (SSSR count). The van der Waals surface area contributed by atoms with Crippen molar-refractivity contribution in [1.29, 1.82) is 0 Å². The van der Waals surface area contributed by atoms with E-state index in [9.17, 15) is 18.4 Å². The average molecular weight is 424 g/mol. The summed E-state index contributed by atoms with van der Waals surface area (Å²) in [6, 6.07) is 4.73. The molecule has 0 aliphatic heterocycles. The van der Waals surface area contributed by atoms with Crippen molar-refractivity contribution in [2.75, 3.05) is 5.32 Å². The third-order valence-electron chi connectivity index (χ3n) is 3.61. The average Bonchev–Trinajstić information content (AvgIpc) is 2.61. The highest BCUT2D eigenvalue weighted by atomic mass is 35.5. The summed E-state index contributed by atoms with van der Waals surface area (Å²) in [5, 5.41) is 1.72. The second-order valence-electron chi connectivity index (χ2n) is 6.97. The number of fused-ring (bicyclic) bond motifs is 1. The third kappa shape index (κ3) is 4.45. The Morgan fingerprint density at radius 2 is 1.93 bits per heavy atom. The van der Waals surface area contributed by atoms with E-state index in [1.807, 2.05) is 0 Å². The number of rotatable bonds is 3. The fraction of sp³-hybridized carbons (Fsp3) is 0.211. The van der Waals surface area contributed by atoms with E-state index in [-0.39, 0.29) is 21.6 Å². The molecule has 152 valence electrons. The van der Waals surface area contributed by atoms with Crippen LogP contribution in [0, 0.1) is 11.6 Å². The molecule has 3 aromatic rings. The molecule has 0 spiro atoms. The zero-order valence-corrected chi connectivity index (χ0v) is 16.4. The van der Waals surface area contributed by atoms with Crippen LogP contribution in [0.2, 0.25) is 5.02 Å². The largest absolute Gasteiger partial charge is 0.450 e. The van der Waals surface area contributed by atoms with Gasteiger partial charge in [-0.15, -0.1) is 0 Å². The number of aromatic nitrogens is 2. The molecule has 1 heterocycles. The van der Waals surface area contributed by atoms with Crippen LogP contribution < -0.4 is 15.6 Å². The summed E-state index contributed by atoms with van der Waals surface area (Å²) in [5.74, 6) is -2.90. The smallest absolute Gasteiger partial charge is 0.412 e. The van der Waals surface area contributed by atoms with Crippen LogP contribution in [0.25, 0.3) is 10.9 Å². The zero-order valence-electron chi connectivity index (χ0n) is 15.6. The van der Waals surface area contributed by atoms with Gasteiger partial charge in [-0.1, -0.05) is 11.6 Å². The molecule has 0 atom stereocenters. The molecule has 0 unspecified atom stereocenters. The van der Waals surface area contributed by atoms with Gasteiger partial charge in [-0.25, -0.2) is 18.6 Å². The van der Waals surface area contributed by atoms with Crippen LogP contribution in [-0.2, 0) is 4.74 Å². The Kier molecular flexibility index (Phi) is 5.43. The molecule has 7 nitrogen and oxygen atoms in total. The van der Waals surface area contributed by atoms with Crippen molar-refractivity contribution in [2.24, 2.45) is 0 Å². The number of benzene rings is 2. The number of anilines is 1. The van der Waals surface area contributed by atoms with Crippen molar-refractivity contribution in [3.8, 4) is 11.5 Å². The van der Waals surface area contributed by atoms with Crippen LogP contribution in [0.1, 0.15) is 20.8 Å². The first-order valence-electron chi connectivity index (χ1n) is 8.38. The first kappa shape index (κ1) is 20.5. The van der Waals surface area contributed by atoms with Gasteiger partial charge in [0.05, 0.1) is 17.5 Å². The Morgan fingerprint density at radius 1 is 1.21 bits per heavy atom. The highest BCUT2D eigenvalue weighted by molar-refractivity contribution is 6.35. The van der Waals surface area contributed by atoms with Crippen molar-refractivity contribution in [3.05, 3.63) is 57.6 Å². The van der Waals surface area contributed by atoms with Crippen molar-refractivity contribution in [2.45, 2.75) is 26.4 Å². The molecule has 0 aliphatic rings. The number of hydrogen-bond donors (Lipinski definition) is 2. The van der Waals surface area contributed by atoms with Gasteiger partial charge in [0.1, 0.15) is 16.0 Å². The quantitative estimate of drug-likeness (QED) is 0.618. The number of carbonyl (C=O) groups is 1. The van der Waals surface area contributed by atoms with Gasteiger partial charge >= 0.3 is 6.09 Å². The van der Waals surface area contributed by atoms with Gasteiger partial charge in [0, 0.05) is 0 Å². The monoisotopic (exact) mass is 423 g/mol. The minimum absolute atomic E-state index is 0.00183. The fourth-order valence-corrected chi connectivity index (χ4v) is 2.67. The van der Waals surface area contributed by atoms with Crippen molar-refractivity contribution < 1.29 is 23.0 Å². The van der Waals surface area contributed by atoms with Crippen molar-refractivity contribution in [1.82, 2.24) is 9.97 Å². The maximum atomic E-state index is 14.7. The molecule has 2 N–H and O–H groups in total. The van der Waals surface area contributed by atoms with Gasteiger partial charge in [0.2, 0.25) is 0 Å². The highest BCUT2D eigenvalue weighted by Crippen LogP contribution is 2.39. The van der Waals surface area contributed by atoms with Gasteiger partial charge in [0.15, 0.2) is 23.1 Å². The number of carbonyl (C=O) groups excluding carboxylic acids is 1. The molecule has 29 heavy (non-hydrogen) atoms. The van der Waals surface area contributed by atoms with Crippen LogP contribution in [0.4, 0.5) is 19.3 Å². The van der Waals surface area contributed by atoms with Gasteiger partial charge in [-0.05, 0) is 45.0 Å². The first-order chi connectivity index (χ1) is 13.6. The summed E-state index contributed by atoms with van der Waals surface area (Å²) in [4.78, 5) is 29.9. The summed E-state index contributed by atoms with van der Waals surface area (Å²) < 4.78 is 39.4. The Hall–Kier alpha value is -3.20. The Bertz CT molecular complexity index is 1160. The predicted octanol–water partition coefficient (Wildman–Crippen LogP) is 4.99. The van der Waals surface area contributed by atoms with Gasteiger partial charge < -0.3 is 14.5 Å². The van der Waals surface area contributed by atoms with Crippen LogP contribution in [0.3, 0.4) is 0 Å². The first-order valence-corrected chi connectivity index (χ1v) is 8.76. The lowest BCUT2D eigenvalue weighted by Crippen LogP contribution is -2.27. The van der Waals surface area contributed by atoms with Crippen LogP contribution >= 0.6 is 11.6 Å². The molecular weight excluding hydrogens is 408 g/mol. The van der Waals surface area contributed by atoms with E-state index in [2.05, 4.69) is 15.3 Å². The van der Waals surface area contributed by atoms with Crippen LogP contribution in [0.15, 0.2) is 35.4 Å². The molecule has 0 saturated carbocycles. The summed E-state index contributed by atoms with van der Waals surface area (Å²) in [6.45, 7) is 5.02. The van der Waals surface area contributed by atoms with E-state index in [0.717, 1.165) is 12.4 Å². The van der Waals surface area contributed by atoms with E-state index < -0.39 is 40.4 Å². The van der Waals surface area contributed by atoms with Gasteiger partial charge in [-0.3, -0.25) is 10.1 Å². The lowest BCUT2D eigenvalue weighted by molar-refractivity contribution is 0.0636. The number of halogens is 3. The molecule has 0 bridgehead atoms. The molecule has 2 aromatic carbocycles. The van der Waals surface area contributed by atoms with Crippen molar-refractivity contribution >= 4 is 34.3 Å². The molecule has 0 fully saturated rings. The van der Waals surface area contributed by atoms with E-state index in [1.165, 1.54) is 18.2 Å². The predicted molar refractivity (Wildman–Crippen MR) is 104 cm³/mol. The third-order valence-corrected chi connectivity index (χ3v) is 3.98. The molecule has 0 radical (unpaired) electrons. The Morgan fingerprint density at radius 3 is 2.62 bits per heavy atom. The van der Waals surface area contributed by atoms with E-state index in [0.29, 0.717) is 0 Å². The van der Waals surface area contributed by atoms with E-state index in [1.54, 1.807) is 20.8 Å². The Balaban J connectivity index is 1.97. The van der Waals surface area contributed by atoms with E-state index >= 15 is 0 Å².